The number of benzene rings is 1. The number of nitrogens with one attached hydrogen (secondary N) is 1. The summed E-state index contributed by atoms with van der Waals surface area (Å²) in [5, 5.41) is 13.2. The third-order valence-electron chi connectivity index (χ3n) is 5.00. The van der Waals surface area contributed by atoms with Crippen LogP contribution in [0, 0.1) is 0 Å². The fourth-order valence-electron chi connectivity index (χ4n) is 3.18. The molecule has 4 N–H and O–H groups in total. The van der Waals surface area contributed by atoms with Crippen molar-refractivity contribution in [3.8, 4) is 5.75 Å². The van der Waals surface area contributed by atoms with Gasteiger partial charge in [0.25, 0.3) is 0 Å². The standard InChI is InChI=1S/C24H38N2O5/c1-23(2,3)17-14-16(15-18(20(17)28)24(4,5)6)10-11-19(27)31-13-9-7-8-12-26-22(30)21(25)29/h14-15,28H,7-13H2,1-6H3,(H2,25,29)(H,26,30). The first-order valence-corrected chi connectivity index (χ1v) is 10.8. The predicted molar refractivity (Wildman–Crippen MR) is 121 cm³/mol. The van der Waals surface area contributed by atoms with E-state index < -0.39 is 11.8 Å². The molecule has 0 radical (unpaired) electrons. The molecule has 1 aromatic rings. The number of carbonyl (C=O) groups excluding carboxylic acids is 3. The van der Waals surface area contributed by atoms with Crippen LogP contribution >= 0.6 is 0 Å². The molecule has 0 heterocycles. The van der Waals surface area contributed by atoms with Crippen molar-refractivity contribution < 1.29 is 24.2 Å². The van der Waals surface area contributed by atoms with Gasteiger partial charge in [0, 0.05) is 13.0 Å². The number of hydrogen-bond acceptors (Lipinski definition) is 5. The number of amides is 2. The van der Waals surface area contributed by atoms with Gasteiger partial charge in [0.15, 0.2) is 0 Å². The van der Waals surface area contributed by atoms with Crippen molar-refractivity contribution >= 4 is 17.8 Å². The first kappa shape index (κ1) is 26.5. The summed E-state index contributed by atoms with van der Waals surface area (Å²) < 4.78 is 5.30. The van der Waals surface area contributed by atoms with Crippen LogP contribution < -0.4 is 11.1 Å². The topological polar surface area (TPSA) is 119 Å². The second-order valence-corrected chi connectivity index (χ2v) is 9.94. The molecule has 0 spiro atoms. The molecule has 0 aromatic heterocycles. The van der Waals surface area contributed by atoms with Crippen LogP contribution in [0.2, 0.25) is 0 Å². The van der Waals surface area contributed by atoms with Crippen molar-refractivity contribution in [1.82, 2.24) is 5.32 Å². The molecular formula is C24H38N2O5. The zero-order chi connectivity index (χ0) is 23.8. The molecular weight excluding hydrogens is 396 g/mol. The van der Waals surface area contributed by atoms with Crippen LogP contribution in [0.15, 0.2) is 12.1 Å². The van der Waals surface area contributed by atoms with E-state index in [9.17, 15) is 19.5 Å². The van der Waals surface area contributed by atoms with E-state index in [1.165, 1.54) is 0 Å². The Hall–Kier alpha value is -2.57. The van der Waals surface area contributed by atoms with Crippen LogP contribution in [0.25, 0.3) is 0 Å². The molecule has 7 nitrogen and oxygen atoms in total. The molecule has 1 rings (SSSR count). The largest absolute Gasteiger partial charge is 0.507 e. The number of hydrogen-bond donors (Lipinski definition) is 3. The van der Waals surface area contributed by atoms with Crippen LogP contribution in [0.3, 0.4) is 0 Å². The van der Waals surface area contributed by atoms with E-state index in [-0.39, 0.29) is 23.2 Å². The summed E-state index contributed by atoms with van der Waals surface area (Å²) in [5.74, 6) is -1.71. The maximum absolute atomic E-state index is 12.1. The van der Waals surface area contributed by atoms with Gasteiger partial charge >= 0.3 is 17.8 Å². The Kier molecular flexibility index (Phi) is 9.53. The smallest absolute Gasteiger partial charge is 0.309 e. The number of nitrogens with two attached hydrogens (primary N) is 1. The summed E-state index contributed by atoms with van der Waals surface area (Å²) in [6, 6.07) is 3.97. The van der Waals surface area contributed by atoms with E-state index in [4.69, 9.17) is 10.5 Å². The molecule has 0 aliphatic rings. The van der Waals surface area contributed by atoms with Gasteiger partial charge in [-0.05, 0) is 53.2 Å². The summed E-state index contributed by atoms with van der Waals surface area (Å²) in [6.07, 6.45) is 2.93. The van der Waals surface area contributed by atoms with E-state index in [0.717, 1.165) is 23.1 Å². The normalized spacial score (nSPS) is 11.8. The summed E-state index contributed by atoms with van der Waals surface area (Å²) in [4.78, 5) is 33.7. The van der Waals surface area contributed by atoms with Crippen molar-refractivity contribution in [2.24, 2.45) is 5.73 Å². The van der Waals surface area contributed by atoms with Gasteiger partial charge in [-0.1, -0.05) is 53.7 Å². The average Bonchev–Trinajstić information content (AvgIpc) is 2.64. The molecule has 0 saturated carbocycles. The van der Waals surface area contributed by atoms with Crippen LogP contribution in [0.4, 0.5) is 0 Å². The minimum absolute atomic E-state index is 0.211. The highest BCUT2D eigenvalue weighted by Crippen LogP contribution is 2.39. The highest BCUT2D eigenvalue weighted by Gasteiger charge is 2.26. The van der Waals surface area contributed by atoms with Crippen molar-refractivity contribution in [3.05, 3.63) is 28.8 Å². The molecule has 2 amide bonds. The molecule has 7 heteroatoms. The number of phenolic OH excluding ortho intramolecular Hbond substituents is 1. The molecule has 31 heavy (non-hydrogen) atoms. The SMILES string of the molecule is CC(C)(C)c1cc(CCC(=O)OCCCCCNC(=O)C(N)=O)cc(C(C)(C)C)c1O. The van der Waals surface area contributed by atoms with E-state index in [1.54, 1.807) is 0 Å². The zero-order valence-corrected chi connectivity index (χ0v) is 19.8. The van der Waals surface area contributed by atoms with Gasteiger partial charge in [0.2, 0.25) is 0 Å². The molecule has 1 aromatic carbocycles. The lowest BCUT2D eigenvalue weighted by Gasteiger charge is -2.28. The van der Waals surface area contributed by atoms with Gasteiger partial charge in [-0.25, -0.2) is 0 Å². The maximum atomic E-state index is 12.1. The number of unbranched alkanes of at least 4 members (excludes halogenated alkanes) is 2. The Morgan fingerprint density at radius 3 is 2.00 bits per heavy atom. The molecule has 0 unspecified atom stereocenters. The molecule has 0 atom stereocenters. The number of rotatable bonds is 9. The predicted octanol–water partition coefficient (Wildman–Crippen LogP) is 3.23. The quantitative estimate of drug-likeness (QED) is 0.313. The minimum atomic E-state index is -0.994. The van der Waals surface area contributed by atoms with Gasteiger partial charge in [-0.3, -0.25) is 14.4 Å². The number of aryl methyl sites for hydroxylation is 1. The number of aromatic hydroxyl groups is 1. The molecule has 0 saturated heterocycles. The average molecular weight is 435 g/mol. The van der Waals surface area contributed by atoms with Crippen LogP contribution in [-0.4, -0.2) is 36.0 Å². The molecule has 0 aliphatic carbocycles. The number of phenols is 1. The van der Waals surface area contributed by atoms with E-state index >= 15 is 0 Å². The number of primary amides is 1. The number of esters is 1. The van der Waals surface area contributed by atoms with Crippen molar-refractivity contribution in [2.45, 2.75) is 84.5 Å². The first-order chi connectivity index (χ1) is 14.2. The summed E-state index contributed by atoms with van der Waals surface area (Å²) in [6.45, 7) is 13.1. The van der Waals surface area contributed by atoms with E-state index in [1.807, 2.05) is 12.1 Å². The lowest BCUT2D eigenvalue weighted by Crippen LogP contribution is -2.36. The van der Waals surface area contributed by atoms with Gasteiger partial charge in [0.1, 0.15) is 5.75 Å². The maximum Gasteiger partial charge on any atom is 0.309 e. The van der Waals surface area contributed by atoms with Crippen LogP contribution in [0.5, 0.6) is 5.75 Å². The lowest BCUT2D eigenvalue weighted by molar-refractivity contribution is -0.143. The Balaban J connectivity index is 2.53. The number of carbonyl (C=O) groups is 3. The van der Waals surface area contributed by atoms with Gasteiger partial charge in [0.05, 0.1) is 6.61 Å². The van der Waals surface area contributed by atoms with Gasteiger partial charge in [-0.15, -0.1) is 0 Å². The summed E-state index contributed by atoms with van der Waals surface area (Å²) in [7, 11) is 0. The Labute approximate surface area is 185 Å². The zero-order valence-electron chi connectivity index (χ0n) is 19.8. The molecule has 0 bridgehead atoms. The van der Waals surface area contributed by atoms with Crippen molar-refractivity contribution in [3.63, 3.8) is 0 Å². The van der Waals surface area contributed by atoms with Crippen molar-refractivity contribution in [2.75, 3.05) is 13.2 Å². The highest BCUT2D eigenvalue weighted by atomic mass is 16.5. The Morgan fingerprint density at radius 2 is 1.52 bits per heavy atom. The monoisotopic (exact) mass is 434 g/mol. The molecule has 174 valence electrons. The Morgan fingerprint density at radius 1 is 0.968 bits per heavy atom. The summed E-state index contributed by atoms with van der Waals surface area (Å²) in [5.41, 5.74) is 7.20. The third-order valence-corrected chi connectivity index (χ3v) is 5.00. The lowest BCUT2D eigenvalue weighted by atomic mass is 9.78. The van der Waals surface area contributed by atoms with Gasteiger partial charge < -0.3 is 20.9 Å². The summed E-state index contributed by atoms with van der Waals surface area (Å²) >= 11 is 0. The fraction of sp³-hybridized carbons (Fsp3) is 0.625. The van der Waals surface area contributed by atoms with Gasteiger partial charge in [-0.2, -0.15) is 0 Å². The second-order valence-electron chi connectivity index (χ2n) is 9.94. The van der Waals surface area contributed by atoms with E-state index in [2.05, 4.69) is 46.9 Å². The molecule has 0 fully saturated rings. The third kappa shape index (κ3) is 8.99. The first-order valence-electron chi connectivity index (χ1n) is 10.8. The minimum Gasteiger partial charge on any atom is -0.507 e. The highest BCUT2D eigenvalue weighted by molar-refractivity contribution is 6.34. The van der Waals surface area contributed by atoms with E-state index in [0.29, 0.717) is 38.2 Å². The Bertz CT molecular complexity index is 753. The van der Waals surface area contributed by atoms with Crippen molar-refractivity contribution in [1.29, 1.82) is 0 Å². The van der Waals surface area contributed by atoms with Crippen LogP contribution in [0.1, 0.15) is 83.9 Å². The second kappa shape index (κ2) is 11.2. The fourth-order valence-corrected chi connectivity index (χ4v) is 3.18. The number of ether oxygens (including phenoxy) is 1. The molecule has 0 aliphatic heterocycles. The van der Waals surface area contributed by atoms with Crippen LogP contribution in [-0.2, 0) is 36.4 Å².